The molecule has 0 aromatic heterocycles. The zero-order chi connectivity index (χ0) is 9.61. The molecule has 1 aliphatic rings. The molecule has 4 heteroatoms. The first kappa shape index (κ1) is 11.8. The largest absolute Gasteiger partial charge is 0.396 e. The van der Waals surface area contributed by atoms with Crippen molar-refractivity contribution in [1.82, 2.24) is 4.90 Å². The highest BCUT2D eigenvalue weighted by molar-refractivity contribution is 4.86. The molecule has 0 unspecified atom stereocenters. The number of nitrogens with zero attached hydrogens (tertiary/aromatic N) is 1. The molecular formula is C8H17F2NO. The molecule has 0 spiro atoms. The first-order chi connectivity index (χ1) is 5.64. The minimum Gasteiger partial charge on any atom is -0.396 e. The lowest BCUT2D eigenvalue weighted by molar-refractivity contribution is -0.131. The molecule has 1 fully saturated rings. The van der Waals surface area contributed by atoms with Gasteiger partial charge in [-0.25, -0.2) is 8.78 Å². The van der Waals surface area contributed by atoms with Gasteiger partial charge < -0.3 is 5.11 Å². The summed E-state index contributed by atoms with van der Waals surface area (Å²) in [5.74, 6) is -2.46. The van der Waals surface area contributed by atoms with Crippen LogP contribution in [0.3, 0.4) is 0 Å². The van der Waals surface area contributed by atoms with Gasteiger partial charge >= 0.3 is 0 Å². The predicted molar refractivity (Wildman–Crippen MR) is 44.4 cm³/mol. The fourth-order valence-electron chi connectivity index (χ4n) is 1.06. The van der Waals surface area contributed by atoms with Crippen LogP contribution in [0.15, 0.2) is 0 Å². The van der Waals surface area contributed by atoms with Crippen molar-refractivity contribution in [2.24, 2.45) is 0 Å². The summed E-state index contributed by atoms with van der Waals surface area (Å²) < 4.78 is 24.2. The minimum atomic E-state index is -2.46. The van der Waals surface area contributed by atoms with Gasteiger partial charge in [0.2, 0.25) is 0 Å². The molecule has 1 rings (SSSR count). The molecule has 0 saturated carbocycles. The van der Waals surface area contributed by atoms with Gasteiger partial charge in [0.1, 0.15) is 0 Å². The van der Waals surface area contributed by atoms with Crippen LogP contribution in [0.25, 0.3) is 0 Å². The van der Waals surface area contributed by atoms with Gasteiger partial charge in [-0.05, 0) is 6.42 Å². The van der Waals surface area contributed by atoms with E-state index in [9.17, 15) is 8.78 Å². The number of likely N-dealkylation sites (tertiary alicyclic amines) is 1. The number of hydrogen-bond donors (Lipinski definition) is 1. The first-order valence-electron chi connectivity index (χ1n) is 4.35. The number of alkyl halides is 2. The van der Waals surface area contributed by atoms with Crippen LogP contribution in [0, 0.1) is 0 Å². The maximum atomic E-state index is 12.1. The van der Waals surface area contributed by atoms with Crippen molar-refractivity contribution >= 4 is 0 Å². The summed E-state index contributed by atoms with van der Waals surface area (Å²) in [6.45, 7) is 4.41. The summed E-state index contributed by atoms with van der Waals surface area (Å²) in [5.41, 5.74) is 0. The van der Waals surface area contributed by atoms with Crippen LogP contribution in [0.4, 0.5) is 8.78 Å². The zero-order valence-electron chi connectivity index (χ0n) is 7.69. The lowest BCUT2D eigenvalue weighted by Gasteiger charge is -2.38. The summed E-state index contributed by atoms with van der Waals surface area (Å²) >= 11 is 0. The molecule has 2 nitrogen and oxygen atoms in total. The molecule has 1 saturated heterocycles. The smallest absolute Gasteiger partial charge is 0.272 e. The molecule has 0 amide bonds. The van der Waals surface area contributed by atoms with E-state index in [1.165, 1.54) is 0 Å². The maximum Gasteiger partial charge on any atom is 0.272 e. The molecule has 12 heavy (non-hydrogen) atoms. The zero-order valence-corrected chi connectivity index (χ0v) is 7.69. The molecule has 0 radical (unpaired) electrons. The van der Waals surface area contributed by atoms with Gasteiger partial charge in [-0.1, -0.05) is 13.8 Å². The number of aliphatic hydroxyl groups excluding tert-OH is 1. The maximum absolute atomic E-state index is 12.1. The molecule has 74 valence electrons. The number of rotatable bonds is 3. The summed E-state index contributed by atoms with van der Waals surface area (Å²) in [6.07, 6.45) is 0.593. The average Bonchev–Trinajstić information content (AvgIpc) is 2.01. The van der Waals surface area contributed by atoms with Gasteiger partial charge in [-0.2, -0.15) is 0 Å². The third-order valence-electron chi connectivity index (χ3n) is 1.54. The number of halogens is 2. The van der Waals surface area contributed by atoms with Crippen LogP contribution in [-0.2, 0) is 0 Å². The van der Waals surface area contributed by atoms with Gasteiger partial charge in [0.05, 0.1) is 13.1 Å². The van der Waals surface area contributed by atoms with Crippen LogP contribution >= 0.6 is 0 Å². The van der Waals surface area contributed by atoms with Crippen LogP contribution in [-0.4, -0.2) is 42.2 Å². The normalized spacial score (nSPS) is 20.8. The van der Waals surface area contributed by atoms with Crippen LogP contribution in [0.1, 0.15) is 20.3 Å². The molecule has 0 atom stereocenters. The number of hydrogen-bond acceptors (Lipinski definition) is 2. The van der Waals surface area contributed by atoms with Crippen molar-refractivity contribution in [3.63, 3.8) is 0 Å². The molecule has 1 heterocycles. The Morgan fingerprint density at radius 2 is 1.83 bits per heavy atom. The third-order valence-corrected chi connectivity index (χ3v) is 1.54. The average molecular weight is 181 g/mol. The van der Waals surface area contributed by atoms with Gasteiger partial charge in [0.25, 0.3) is 5.92 Å². The van der Waals surface area contributed by atoms with Gasteiger partial charge in [-0.3, -0.25) is 4.90 Å². The van der Waals surface area contributed by atoms with E-state index in [2.05, 4.69) is 0 Å². The van der Waals surface area contributed by atoms with Crippen molar-refractivity contribution in [3.8, 4) is 0 Å². The molecule has 0 aliphatic carbocycles. The molecule has 1 aliphatic heterocycles. The van der Waals surface area contributed by atoms with E-state index in [4.69, 9.17) is 5.11 Å². The van der Waals surface area contributed by atoms with Crippen LogP contribution < -0.4 is 0 Å². The monoisotopic (exact) mass is 181 g/mol. The second-order valence-electron chi connectivity index (χ2n) is 2.64. The van der Waals surface area contributed by atoms with Crippen LogP contribution in [0.5, 0.6) is 0 Å². The topological polar surface area (TPSA) is 23.5 Å². The Balaban J connectivity index is 0.000000561. The van der Waals surface area contributed by atoms with E-state index in [1.54, 1.807) is 4.90 Å². The van der Waals surface area contributed by atoms with E-state index in [0.29, 0.717) is 13.0 Å². The van der Waals surface area contributed by atoms with Crippen molar-refractivity contribution in [2.75, 3.05) is 26.2 Å². The molecule has 0 aromatic carbocycles. The lowest BCUT2D eigenvalue weighted by atomic mass is 10.1. The minimum absolute atomic E-state index is 0.0854. The Kier molecular flexibility index (Phi) is 5.33. The standard InChI is InChI=1S/C6H11F2NO.C2H6/c7-6(8)4-9(5-6)2-1-3-10;1-2/h10H,1-5H2;1-2H3. The van der Waals surface area contributed by atoms with Crippen molar-refractivity contribution in [3.05, 3.63) is 0 Å². The third kappa shape index (κ3) is 3.97. The van der Waals surface area contributed by atoms with E-state index in [1.807, 2.05) is 13.8 Å². The highest BCUT2D eigenvalue weighted by Gasteiger charge is 2.42. The van der Waals surface area contributed by atoms with Crippen LogP contribution in [0.2, 0.25) is 0 Å². The lowest BCUT2D eigenvalue weighted by Crippen LogP contribution is -2.56. The Morgan fingerprint density at radius 3 is 2.17 bits per heavy atom. The Morgan fingerprint density at radius 1 is 1.33 bits per heavy atom. The molecule has 0 aromatic rings. The Bertz CT molecular complexity index is 112. The first-order valence-corrected chi connectivity index (χ1v) is 4.35. The summed E-state index contributed by atoms with van der Waals surface area (Å²) in [4.78, 5) is 1.64. The molecule has 0 bridgehead atoms. The predicted octanol–water partition coefficient (Wildman–Crippen LogP) is 1.35. The van der Waals surface area contributed by atoms with E-state index in [-0.39, 0.29) is 19.7 Å². The fraction of sp³-hybridized carbons (Fsp3) is 1.00. The molecular weight excluding hydrogens is 164 g/mol. The quantitative estimate of drug-likeness (QED) is 0.710. The summed E-state index contributed by atoms with van der Waals surface area (Å²) in [7, 11) is 0. The highest BCUT2D eigenvalue weighted by atomic mass is 19.3. The summed E-state index contributed by atoms with van der Waals surface area (Å²) in [6, 6.07) is 0. The van der Waals surface area contributed by atoms with Gasteiger partial charge in [0.15, 0.2) is 0 Å². The van der Waals surface area contributed by atoms with E-state index >= 15 is 0 Å². The van der Waals surface area contributed by atoms with E-state index in [0.717, 1.165) is 0 Å². The fourth-order valence-corrected chi connectivity index (χ4v) is 1.06. The Labute approximate surface area is 72.2 Å². The van der Waals surface area contributed by atoms with Gasteiger partial charge in [0, 0.05) is 13.2 Å². The van der Waals surface area contributed by atoms with Gasteiger partial charge in [-0.15, -0.1) is 0 Å². The second kappa shape index (κ2) is 5.43. The van der Waals surface area contributed by atoms with Crippen molar-refractivity contribution in [2.45, 2.75) is 26.2 Å². The Hall–Kier alpha value is -0.220. The summed E-state index contributed by atoms with van der Waals surface area (Å²) in [5, 5.41) is 8.35. The van der Waals surface area contributed by atoms with Crippen molar-refractivity contribution in [1.29, 1.82) is 0 Å². The molecule has 1 N–H and O–H groups in total. The highest BCUT2D eigenvalue weighted by Crippen LogP contribution is 2.26. The van der Waals surface area contributed by atoms with E-state index < -0.39 is 5.92 Å². The number of aliphatic hydroxyl groups is 1. The SMILES string of the molecule is CC.OCCCN1CC(F)(F)C1. The second-order valence-corrected chi connectivity index (χ2v) is 2.64. The van der Waals surface area contributed by atoms with Crippen molar-refractivity contribution < 1.29 is 13.9 Å².